The molecule has 0 aliphatic heterocycles. The van der Waals surface area contributed by atoms with E-state index in [-0.39, 0.29) is 36.8 Å². The molecule has 0 aromatic carbocycles. The van der Waals surface area contributed by atoms with E-state index in [1.54, 1.807) is 0 Å². The van der Waals surface area contributed by atoms with E-state index in [0.717, 1.165) is 0 Å². The molecule has 0 amide bonds. The Kier molecular flexibility index (Phi) is 13.9. The van der Waals surface area contributed by atoms with Gasteiger partial charge in [-0.3, -0.25) is 5.41 Å². The first-order chi connectivity index (χ1) is 3.13. The van der Waals surface area contributed by atoms with E-state index in [2.05, 4.69) is 5.32 Å². The number of guanidine groups is 1. The summed E-state index contributed by atoms with van der Waals surface area (Å²) >= 11 is 0. The Bertz CT molecular complexity index is 74.2. The van der Waals surface area contributed by atoms with Crippen molar-refractivity contribution in [3.05, 3.63) is 0 Å². The van der Waals surface area contributed by atoms with E-state index in [0.29, 0.717) is 0 Å². The highest BCUT2D eigenvalue weighted by Gasteiger charge is 1.88. The molecular formula is C4H13Cl2N3. The summed E-state index contributed by atoms with van der Waals surface area (Å²) in [6.45, 7) is 3.86. The SMILES string of the molecule is CC(C)NC(=N)N.Cl.Cl. The normalized spacial score (nSPS) is 7.00. The molecule has 0 radical (unpaired) electrons. The fourth-order valence-corrected chi connectivity index (χ4v) is 0.311. The van der Waals surface area contributed by atoms with Crippen molar-refractivity contribution in [2.45, 2.75) is 19.9 Å². The highest BCUT2D eigenvalue weighted by molar-refractivity contribution is 5.85. The van der Waals surface area contributed by atoms with Gasteiger partial charge >= 0.3 is 0 Å². The molecule has 0 saturated carbocycles. The van der Waals surface area contributed by atoms with Crippen LogP contribution in [0.1, 0.15) is 13.8 Å². The molecule has 0 rings (SSSR count). The number of nitrogens with two attached hydrogens (primary N) is 1. The first kappa shape index (κ1) is 15.9. The van der Waals surface area contributed by atoms with Gasteiger partial charge in [-0.15, -0.1) is 24.8 Å². The molecule has 3 nitrogen and oxygen atoms in total. The average molecular weight is 174 g/mol. The smallest absolute Gasteiger partial charge is 0.185 e. The fraction of sp³-hybridized carbons (Fsp3) is 0.750. The van der Waals surface area contributed by atoms with Crippen molar-refractivity contribution >= 4 is 30.8 Å². The molecule has 0 bridgehead atoms. The van der Waals surface area contributed by atoms with Crippen molar-refractivity contribution in [2.75, 3.05) is 0 Å². The summed E-state index contributed by atoms with van der Waals surface area (Å²) in [6.07, 6.45) is 0. The van der Waals surface area contributed by atoms with Gasteiger partial charge in [0.2, 0.25) is 0 Å². The third-order valence-electron chi connectivity index (χ3n) is 0.444. The van der Waals surface area contributed by atoms with E-state index in [1.807, 2.05) is 13.8 Å². The summed E-state index contributed by atoms with van der Waals surface area (Å²) in [4.78, 5) is 0. The summed E-state index contributed by atoms with van der Waals surface area (Å²) in [5.41, 5.74) is 4.97. The standard InChI is InChI=1S/C4H11N3.2ClH/c1-3(2)7-4(5)6;;/h3H,1-2H3,(H4,5,6,7);2*1H. The minimum atomic E-state index is 0. The van der Waals surface area contributed by atoms with Crippen LogP contribution >= 0.6 is 24.8 Å². The molecule has 9 heavy (non-hydrogen) atoms. The number of hydrogen-bond donors (Lipinski definition) is 3. The zero-order chi connectivity index (χ0) is 5.86. The molecule has 5 heteroatoms. The number of nitrogens with one attached hydrogen (secondary N) is 2. The molecule has 0 aliphatic rings. The van der Waals surface area contributed by atoms with Crippen molar-refractivity contribution in [2.24, 2.45) is 5.73 Å². The minimum absolute atomic E-state index is 0. The maximum Gasteiger partial charge on any atom is 0.185 e. The van der Waals surface area contributed by atoms with E-state index in [9.17, 15) is 0 Å². The van der Waals surface area contributed by atoms with Gasteiger partial charge in [-0.25, -0.2) is 0 Å². The Morgan fingerprint density at radius 3 is 1.78 bits per heavy atom. The van der Waals surface area contributed by atoms with E-state index in [1.165, 1.54) is 0 Å². The Balaban J connectivity index is -0.000000180. The van der Waals surface area contributed by atoms with Crippen molar-refractivity contribution in [3.8, 4) is 0 Å². The molecule has 58 valence electrons. The lowest BCUT2D eigenvalue weighted by Crippen LogP contribution is -2.35. The third-order valence-corrected chi connectivity index (χ3v) is 0.444. The lowest BCUT2D eigenvalue weighted by molar-refractivity contribution is 0.725. The summed E-state index contributed by atoms with van der Waals surface area (Å²) < 4.78 is 0. The highest BCUT2D eigenvalue weighted by Crippen LogP contribution is 1.70. The largest absolute Gasteiger partial charge is 0.370 e. The number of halogens is 2. The number of hydrogen-bond acceptors (Lipinski definition) is 1. The van der Waals surface area contributed by atoms with Crippen LogP contribution in [0.2, 0.25) is 0 Å². The van der Waals surface area contributed by atoms with Crippen molar-refractivity contribution < 1.29 is 0 Å². The van der Waals surface area contributed by atoms with Crippen LogP contribution in [0.15, 0.2) is 0 Å². The highest BCUT2D eigenvalue weighted by atomic mass is 35.5. The molecule has 0 heterocycles. The van der Waals surface area contributed by atoms with Crippen LogP contribution in [0.25, 0.3) is 0 Å². The zero-order valence-electron chi connectivity index (χ0n) is 5.47. The third kappa shape index (κ3) is 18.1. The number of rotatable bonds is 1. The molecule has 0 aliphatic carbocycles. The van der Waals surface area contributed by atoms with Crippen molar-refractivity contribution in [1.29, 1.82) is 5.41 Å². The molecule has 0 atom stereocenters. The Labute approximate surface area is 67.7 Å². The molecule has 0 fully saturated rings. The topological polar surface area (TPSA) is 61.9 Å². The monoisotopic (exact) mass is 173 g/mol. The lowest BCUT2D eigenvalue weighted by Gasteiger charge is -2.04. The van der Waals surface area contributed by atoms with Crippen LogP contribution in [0.5, 0.6) is 0 Å². The van der Waals surface area contributed by atoms with Crippen LogP contribution in [0.4, 0.5) is 0 Å². The molecule has 4 N–H and O–H groups in total. The second-order valence-electron chi connectivity index (χ2n) is 1.71. The van der Waals surface area contributed by atoms with Crippen LogP contribution < -0.4 is 11.1 Å². The van der Waals surface area contributed by atoms with Crippen LogP contribution in [0, 0.1) is 5.41 Å². The van der Waals surface area contributed by atoms with Gasteiger partial charge in [0, 0.05) is 6.04 Å². The first-order valence-electron chi connectivity index (χ1n) is 2.23. The minimum Gasteiger partial charge on any atom is -0.370 e. The van der Waals surface area contributed by atoms with Crippen molar-refractivity contribution in [1.82, 2.24) is 5.32 Å². The average Bonchev–Trinajstić information content (AvgIpc) is 1.27. The quantitative estimate of drug-likeness (QED) is 0.405. The van der Waals surface area contributed by atoms with Gasteiger partial charge < -0.3 is 11.1 Å². The molecule has 0 unspecified atom stereocenters. The maximum atomic E-state index is 6.69. The van der Waals surface area contributed by atoms with Gasteiger partial charge in [-0.1, -0.05) is 0 Å². The summed E-state index contributed by atoms with van der Waals surface area (Å²) in [5.74, 6) is 0.0370. The van der Waals surface area contributed by atoms with E-state index >= 15 is 0 Å². The molecule has 0 spiro atoms. The second-order valence-corrected chi connectivity index (χ2v) is 1.71. The second kappa shape index (κ2) is 7.85. The van der Waals surface area contributed by atoms with Gasteiger partial charge in [0.15, 0.2) is 5.96 Å². The molecule has 0 aromatic rings. The fourth-order valence-electron chi connectivity index (χ4n) is 0.311. The van der Waals surface area contributed by atoms with Crippen LogP contribution in [0.3, 0.4) is 0 Å². The van der Waals surface area contributed by atoms with Crippen LogP contribution in [-0.2, 0) is 0 Å². The molecule has 0 aromatic heterocycles. The maximum absolute atomic E-state index is 6.69. The van der Waals surface area contributed by atoms with Gasteiger partial charge in [-0.05, 0) is 13.8 Å². The molecular weight excluding hydrogens is 161 g/mol. The first-order valence-corrected chi connectivity index (χ1v) is 2.23. The summed E-state index contributed by atoms with van der Waals surface area (Å²) in [6, 6.07) is 0.275. The Morgan fingerprint density at radius 2 is 1.78 bits per heavy atom. The summed E-state index contributed by atoms with van der Waals surface area (Å²) in [5, 5.41) is 9.36. The molecule has 0 saturated heterocycles. The Hall–Kier alpha value is -0.150. The van der Waals surface area contributed by atoms with Gasteiger partial charge in [-0.2, -0.15) is 0 Å². The predicted octanol–water partition coefficient (Wildman–Crippen LogP) is 0.721. The van der Waals surface area contributed by atoms with Crippen molar-refractivity contribution in [3.63, 3.8) is 0 Å². The zero-order valence-corrected chi connectivity index (χ0v) is 7.10. The van der Waals surface area contributed by atoms with Crippen LogP contribution in [-0.4, -0.2) is 12.0 Å². The predicted molar refractivity (Wildman–Crippen MR) is 44.7 cm³/mol. The summed E-state index contributed by atoms with van der Waals surface area (Å²) in [7, 11) is 0. The van der Waals surface area contributed by atoms with Gasteiger partial charge in [0.05, 0.1) is 0 Å². The lowest BCUT2D eigenvalue weighted by atomic mass is 10.4. The van der Waals surface area contributed by atoms with Gasteiger partial charge in [0.25, 0.3) is 0 Å². The Morgan fingerprint density at radius 1 is 1.44 bits per heavy atom. The van der Waals surface area contributed by atoms with Gasteiger partial charge in [0.1, 0.15) is 0 Å². The van der Waals surface area contributed by atoms with E-state index < -0.39 is 0 Å². The van der Waals surface area contributed by atoms with E-state index in [4.69, 9.17) is 11.1 Å².